The fraction of sp³-hybridized carbons (Fsp3) is 0.588. The van der Waals surface area contributed by atoms with Crippen LogP contribution in [-0.2, 0) is 10.0 Å². The SMILES string of the molecule is O=C(c1cccc(N2CCCS2(=O)=O)c1)N1CCC2CCC(C1)N2. The molecular weight excluding hydrogens is 326 g/mol. The van der Waals surface area contributed by atoms with Crippen LogP contribution in [-0.4, -0.2) is 56.7 Å². The van der Waals surface area contributed by atoms with Crippen molar-refractivity contribution in [2.24, 2.45) is 0 Å². The molecule has 0 aliphatic carbocycles. The fourth-order valence-corrected chi connectivity index (χ4v) is 5.59. The number of amides is 1. The Morgan fingerprint density at radius 3 is 2.75 bits per heavy atom. The third-order valence-electron chi connectivity index (χ3n) is 5.29. The van der Waals surface area contributed by atoms with E-state index in [1.165, 1.54) is 10.7 Å². The molecule has 4 rings (SSSR count). The number of likely N-dealkylation sites (tertiary alicyclic amines) is 1. The van der Waals surface area contributed by atoms with E-state index in [0.29, 0.717) is 36.3 Å². The van der Waals surface area contributed by atoms with Gasteiger partial charge in [-0.3, -0.25) is 9.10 Å². The molecule has 24 heavy (non-hydrogen) atoms. The van der Waals surface area contributed by atoms with E-state index in [2.05, 4.69) is 5.32 Å². The molecule has 1 aromatic rings. The number of carbonyl (C=O) groups excluding carboxylic acids is 1. The highest BCUT2D eigenvalue weighted by atomic mass is 32.2. The van der Waals surface area contributed by atoms with Crippen molar-refractivity contribution in [3.63, 3.8) is 0 Å². The number of nitrogens with one attached hydrogen (secondary N) is 1. The highest BCUT2D eigenvalue weighted by Gasteiger charge is 2.32. The second-order valence-corrected chi connectivity index (χ2v) is 8.98. The molecule has 7 heteroatoms. The van der Waals surface area contributed by atoms with Crippen molar-refractivity contribution in [3.05, 3.63) is 29.8 Å². The van der Waals surface area contributed by atoms with E-state index < -0.39 is 10.0 Å². The van der Waals surface area contributed by atoms with Crippen molar-refractivity contribution in [2.45, 2.75) is 37.8 Å². The molecule has 0 spiro atoms. The lowest BCUT2D eigenvalue weighted by Crippen LogP contribution is -2.39. The topological polar surface area (TPSA) is 69.7 Å². The zero-order valence-corrected chi connectivity index (χ0v) is 14.5. The maximum atomic E-state index is 12.9. The summed E-state index contributed by atoms with van der Waals surface area (Å²) in [5, 5.41) is 3.57. The number of fused-ring (bicyclic) bond motifs is 2. The predicted octanol–water partition coefficient (Wildman–Crippen LogP) is 1.19. The molecule has 130 valence electrons. The number of sulfonamides is 1. The molecule has 3 fully saturated rings. The van der Waals surface area contributed by atoms with Crippen LogP contribution in [0, 0.1) is 0 Å². The average molecular weight is 349 g/mol. The molecule has 3 aliphatic rings. The van der Waals surface area contributed by atoms with Crippen LogP contribution in [0.2, 0.25) is 0 Å². The van der Waals surface area contributed by atoms with Gasteiger partial charge in [0.05, 0.1) is 11.4 Å². The Kier molecular flexibility index (Phi) is 4.00. The summed E-state index contributed by atoms with van der Waals surface area (Å²) in [5.41, 5.74) is 1.18. The second-order valence-electron chi connectivity index (χ2n) is 6.97. The maximum Gasteiger partial charge on any atom is 0.253 e. The zero-order valence-electron chi connectivity index (χ0n) is 13.6. The summed E-state index contributed by atoms with van der Waals surface area (Å²) in [7, 11) is -3.22. The Hall–Kier alpha value is -1.60. The van der Waals surface area contributed by atoms with Crippen LogP contribution in [0.25, 0.3) is 0 Å². The molecule has 3 heterocycles. The normalized spacial score (nSPS) is 28.8. The van der Waals surface area contributed by atoms with Crippen LogP contribution < -0.4 is 9.62 Å². The average Bonchev–Trinajstić information content (AvgIpc) is 3.08. The van der Waals surface area contributed by atoms with Gasteiger partial charge in [0.2, 0.25) is 10.0 Å². The molecule has 3 saturated heterocycles. The Morgan fingerprint density at radius 2 is 1.96 bits per heavy atom. The first-order valence-corrected chi connectivity index (χ1v) is 10.3. The maximum absolute atomic E-state index is 12.9. The molecule has 2 bridgehead atoms. The molecular formula is C17H23N3O3S. The lowest BCUT2D eigenvalue weighted by atomic mass is 10.1. The molecule has 6 nitrogen and oxygen atoms in total. The quantitative estimate of drug-likeness (QED) is 0.871. The molecule has 3 aliphatic heterocycles. The van der Waals surface area contributed by atoms with E-state index in [-0.39, 0.29) is 11.7 Å². The minimum atomic E-state index is -3.22. The molecule has 0 aromatic heterocycles. The van der Waals surface area contributed by atoms with Gasteiger partial charge in [-0.25, -0.2) is 8.42 Å². The summed E-state index contributed by atoms with van der Waals surface area (Å²) in [6.45, 7) is 2.00. The summed E-state index contributed by atoms with van der Waals surface area (Å²) < 4.78 is 25.6. The molecule has 0 saturated carbocycles. The van der Waals surface area contributed by atoms with Gasteiger partial charge < -0.3 is 10.2 Å². The van der Waals surface area contributed by atoms with E-state index in [4.69, 9.17) is 0 Å². The van der Waals surface area contributed by atoms with Crippen LogP contribution in [0.15, 0.2) is 24.3 Å². The van der Waals surface area contributed by atoms with Gasteiger partial charge in [-0.05, 0) is 43.9 Å². The third-order valence-corrected chi connectivity index (χ3v) is 7.16. The van der Waals surface area contributed by atoms with Crippen LogP contribution in [0.1, 0.15) is 36.0 Å². The lowest BCUT2D eigenvalue weighted by Gasteiger charge is -2.25. The van der Waals surface area contributed by atoms with E-state index >= 15 is 0 Å². The van der Waals surface area contributed by atoms with Crippen LogP contribution in [0.3, 0.4) is 0 Å². The van der Waals surface area contributed by atoms with Gasteiger partial charge in [0, 0.05) is 37.3 Å². The van der Waals surface area contributed by atoms with Crippen molar-refractivity contribution in [2.75, 3.05) is 29.7 Å². The van der Waals surface area contributed by atoms with E-state index in [0.717, 1.165) is 25.9 Å². The van der Waals surface area contributed by atoms with Gasteiger partial charge in [0.15, 0.2) is 0 Å². The van der Waals surface area contributed by atoms with Crippen LogP contribution >= 0.6 is 0 Å². The second kappa shape index (κ2) is 6.04. The van der Waals surface area contributed by atoms with E-state index in [9.17, 15) is 13.2 Å². The van der Waals surface area contributed by atoms with Gasteiger partial charge in [-0.15, -0.1) is 0 Å². The Labute approximate surface area is 142 Å². The van der Waals surface area contributed by atoms with Crippen molar-refractivity contribution in [1.82, 2.24) is 10.2 Å². The summed E-state index contributed by atoms with van der Waals surface area (Å²) in [5.74, 6) is 0.189. The van der Waals surface area contributed by atoms with Crippen LogP contribution in [0.4, 0.5) is 5.69 Å². The Morgan fingerprint density at radius 1 is 1.12 bits per heavy atom. The molecule has 2 unspecified atom stereocenters. The third kappa shape index (κ3) is 2.91. The Bertz CT molecular complexity index is 749. The number of benzene rings is 1. The standard InChI is InChI=1S/C17H23N3O3S/c21-17(19-9-7-14-5-6-15(12-19)18-14)13-3-1-4-16(11-13)20-8-2-10-24(20,22)23/h1,3-4,11,14-15,18H,2,5-10,12H2. The number of rotatable bonds is 2. The number of hydrogen-bond donors (Lipinski definition) is 1. The molecule has 2 atom stereocenters. The number of anilines is 1. The van der Waals surface area contributed by atoms with Gasteiger partial charge in [-0.1, -0.05) is 6.07 Å². The van der Waals surface area contributed by atoms with Crippen molar-refractivity contribution < 1.29 is 13.2 Å². The zero-order chi connectivity index (χ0) is 16.7. The largest absolute Gasteiger partial charge is 0.337 e. The minimum absolute atomic E-state index is 0.00259. The number of nitrogens with zero attached hydrogens (tertiary/aromatic N) is 2. The summed E-state index contributed by atoms with van der Waals surface area (Å²) >= 11 is 0. The van der Waals surface area contributed by atoms with Gasteiger partial charge in [0.1, 0.15) is 0 Å². The van der Waals surface area contributed by atoms with Crippen molar-refractivity contribution >= 4 is 21.6 Å². The minimum Gasteiger partial charge on any atom is -0.337 e. The lowest BCUT2D eigenvalue weighted by molar-refractivity contribution is 0.0748. The molecule has 1 N–H and O–H groups in total. The van der Waals surface area contributed by atoms with Crippen molar-refractivity contribution in [3.8, 4) is 0 Å². The van der Waals surface area contributed by atoms with Gasteiger partial charge in [0.25, 0.3) is 5.91 Å². The summed E-state index contributed by atoms with van der Waals surface area (Å²) in [4.78, 5) is 14.8. The van der Waals surface area contributed by atoms with Crippen LogP contribution in [0.5, 0.6) is 0 Å². The fourth-order valence-electron chi connectivity index (χ4n) is 4.03. The predicted molar refractivity (Wildman–Crippen MR) is 92.7 cm³/mol. The van der Waals surface area contributed by atoms with Crippen molar-refractivity contribution in [1.29, 1.82) is 0 Å². The first-order valence-electron chi connectivity index (χ1n) is 8.69. The first kappa shape index (κ1) is 15.9. The highest BCUT2D eigenvalue weighted by molar-refractivity contribution is 7.93. The molecule has 0 radical (unpaired) electrons. The van der Waals surface area contributed by atoms with Gasteiger partial charge in [-0.2, -0.15) is 0 Å². The first-order chi connectivity index (χ1) is 11.5. The monoisotopic (exact) mass is 349 g/mol. The van der Waals surface area contributed by atoms with E-state index in [1.54, 1.807) is 24.3 Å². The molecule has 1 amide bonds. The van der Waals surface area contributed by atoms with E-state index in [1.807, 2.05) is 4.90 Å². The van der Waals surface area contributed by atoms with Gasteiger partial charge >= 0.3 is 0 Å². The highest BCUT2D eigenvalue weighted by Crippen LogP contribution is 2.26. The Balaban J connectivity index is 1.56. The number of carbonyl (C=O) groups is 1. The smallest absolute Gasteiger partial charge is 0.253 e. The molecule has 1 aromatic carbocycles. The number of hydrogen-bond acceptors (Lipinski definition) is 4. The summed E-state index contributed by atoms with van der Waals surface area (Å²) in [6, 6.07) is 7.98. The summed E-state index contributed by atoms with van der Waals surface area (Å²) in [6.07, 6.45) is 3.96.